The van der Waals surface area contributed by atoms with Crippen molar-refractivity contribution in [1.29, 1.82) is 0 Å². The first-order valence-corrected chi connectivity index (χ1v) is 13.7. The molecule has 0 aliphatic heterocycles. The van der Waals surface area contributed by atoms with Gasteiger partial charge in [-0.2, -0.15) is 0 Å². The molecule has 0 atom stereocenters. The van der Waals surface area contributed by atoms with Crippen LogP contribution < -0.4 is 10.1 Å². The van der Waals surface area contributed by atoms with Crippen LogP contribution in [0, 0.1) is 0 Å². The van der Waals surface area contributed by atoms with Gasteiger partial charge < -0.3 is 19.4 Å². The van der Waals surface area contributed by atoms with Crippen molar-refractivity contribution in [1.82, 2.24) is 14.8 Å². The number of aromatic nitrogens is 3. The Hall–Kier alpha value is -3.11. The number of carbonyl (C=O) groups is 2. The minimum Gasteiger partial charge on any atom is -0.497 e. The van der Waals surface area contributed by atoms with E-state index in [0.29, 0.717) is 33.7 Å². The van der Waals surface area contributed by atoms with Crippen LogP contribution in [0.25, 0.3) is 11.1 Å². The predicted molar refractivity (Wildman–Crippen MR) is 143 cm³/mol. The number of hydrogen-bond acceptors (Lipinski definition) is 8. The van der Waals surface area contributed by atoms with Gasteiger partial charge in [0.1, 0.15) is 22.1 Å². The van der Waals surface area contributed by atoms with Crippen LogP contribution in [0.2, 0.25) is 0 Å². The van der Waals surface area contributed by atoms with Crippen LogP contribution >= 0.6 is 23.1 Å². The molecule has 1 aromatic carbocycles. The monoisotopic (exact) mass is 526 g/mol. The summed E-state index contributed by atoms with van der Waals surface area (Å²) in [5.74, 6) is 1.49. The third kappa shape index (κ3) is 5.82. The van der Waals surface area contributed by atoms with Crippen molar-refractivity contribution >= 4 is 40.0 Å². The number of thioether (sulfide) groups is 1. The first-order chi connectivity index (χ1) is 17.5. The van der Waals surface area contributed by atoms with Crippen LogP contribution in [-0.4, -0.2) is 46.6 Å². The number of amides is 1. The SMILES string of the molecule is C=CCn1c(SCC(=O)Nc2scc(-c3ccc(OC)cc3)c2C(=O)OC)nnc1C1CCCCC1. The zero-order valence-corrected chi connectivity index (χ0v) is 22.1. The van der Waals surface area contributed by atoms with Crippen molar-refractivity contribution in [3.8, 4) is 16.9 Å². The maximum Gasteiger partial charge on any atom is 0.341 e. The van der Waals surface area contributed by atoms with E-state index in [1.165, 1.54) is 49.5 Å². The molecule has 0 spiro atoms. The summed E-state index contributed by atoms with van der Waals surface area (Å²) in [4.78, 5) is 25.5. The molecule has 0 unspecified atom stereocenters. The Morgan fingerprint density at radius 2 is 1.94 bits per heavy atom. The first-order valence-electron chi connectivity index (χ1n) is 11.9. The van der Waals surface area contributed by atoms with Gasteiger partial charge in [0.05, 0.1) is 20.0 Å². The molecule has 1 saturated carbocycles. The van der Waals surface area contributed by atoms with Gasteiger partial charge in [0.15, 0.2) is 5.16 Å². The molecule has 1 fully saturated rings. The van der Waals surface area contributed by atoms with E-state index in [1.807, 2.05) is 35.7 Å². The molecule has 1 amide bonds. The zero-order valence-electron chi connectivity index (χ0n) is 20.5. The lowest BCUT2D eigenvalue weighted by molar-refractivity contribution is -0.113. The minimum atomic E-state index is -0.507. The lowest BCUT2D eigenvalue weighted by Gasteiger charge is -2.21. The fourth-order valence-electron chi connectivity index (χ4n) is 4.40. The van der Waals surface area contributed by atoms with Crippen LogP contribution in [-0.2, 0) is 16.1 Å². The third-order valence-corrected chi connectivity index (χ3v) is 8.06. The quantitative estimate of drug-likeness (QED) is 0.204. The Labute approximate surface area is 219 Å². The number of anilines is 1. The van der Waals surface area contributed by atoms with E-state index in [1.54, 1.807) is 7.11 Å². The third-order valence-electron chi connectivity index (χ3n) is 6.19. The molecule has 8 nitrogen and oxygen atoms in total. The second kappa shape index (κ2) is 12.2. The highest BCUT2D eigenvalue weighted by Gasteiger charge is 2.25. The molecule has 0 bridgehead atoms. The number of esters is 1. The second-order valence-corrected chi connectivity index (χ2v) is 10.3. The van der Waals surface area contributed by atoms with Crippen molar-refractivity contribution in [3.05, 3.63) is 53.7 Å². The maximum absolute atomic E-state index is 12.9. The van der Waals surface area contributed by atoms with E-state index in [0.717, 1.165) is 30.0 Å². The zero-order chi connectivity index (χ0) is 25.5. The van der Waals surface area contributed by atoms with Gasteiger partial charge in [-0.25, -0.2) is 4.79 Å². The summed E-state index contributed by atoms with van der Waals surface area (Å²) in [6.45, 7) is 4.47. The van der Waals surface area contributed by atoms with E-state index in [4.69, 9.17) is 9.47 Å². The topological polar surface area (TPSA) is 95.3 Å². The highest BCUT2D eigenvalue weighted by atomic mass is 32.2. The van der Waals surface area contributed by atoms with Gasteiger partial charge in [-0.05, 0) is 30.5 Å². The minimum absolute atomic E-state index is 0.135. The van der Waals surface area contributed by atoms with Gasteiger partial charge >= 0.3 is 5.97 Å². The van der Waals surface area contributed by atoms with Gasteiger partial charge in [0, 0.05) is 23.4 Å². The average Bonchev–Trinajstić information content (AvgIpc) is 3.52. The van der Waals surface area contributed by atoms with Crippen molar-refractivity contribution in [2.45, 2.75) is 49.7 Å². The molecule has 1 aliphatic rings. The fourth-order valence-corrected chi connectivity index (χ4v) is 6.13. The molecule has 4 rings (SSSR count). The number of hydrogen-bond donors (Lipinski definition) is 1. The largest absolute Gasteiger partial charge is 0.497 e. The number of nitrogens with one attached hydrogen (secondary N) is 1. The smallest absolute Gasteiger partial charge is 0.341 e. The van der Waals surface area contributed by atoms with E-state index in [9.17, 15) is 9.59 Å². The lowest BCUT2D eigenvalue weighted by atomic mass is 9.89. The van der Waals surface area contributed by atoms with E-state index in [-0.39, 0.29) is 11.7 Å². The van der Waals surface area contributed by atoms with Crippen LogP contribution in [0.4, 0.5) is 5.00 Å². The van der Waals surface area contributed by atoms with Crippen molar-refractivity contribution < 1.29 is 19.1 Å². The highest BCUT2D eigenvalue weighted by Crippen LogP contribution is 2.37. The van der Waals surface area contributed by atoms with Crippen LogP contribution in [0.3, 0.4) is 0 Å². The normalized spacial score (nSPS) is 13.8. The Morgan fingerprint density at radius 3 is 2.61 bits per heavy atom. The molecule has 0 saturated heterocycles. The molecule has 1 N–H and O–H groups in total. The average molecular weight is 527 g/mol. The van der Waals surface area contributed by atoms with E-state index >= 15 is 0 Å². The van der Waals surface area contributed by atoms with Crippen molar-refractivity contribution in [2.75, 3.05) is 25.3 Å². The van der Waals surface area contributed by atoms with Crippen LogP contribution in [0.15, 0.2) is 47.5 Å². The number of ether oxygens (including phenoxy) is 2. The van der Waals surface area contributed by atoms with Gasteiger partial charge in [-0.1, -0.05) is 49.2 Å². The molecule has 190 valence electrons. The first kappa shape index (κ1) is 26.0. The molecule has 1 aliphatic carbocycles. The maximum atomic E-state index is 12.9. The van der Waals surface area contributed by atoms with E-state index in [2.05, 4.69) is 26.7 Å². The fraction of sp³-hybridized carbons (Fsp3) is 0.385. The summed E-state index contributed by atoms with van der Waals surface area (Å²) >= 11 is 2.62. The van der Waals surface area contributed by atoms with Gasteiger partial charge in [-0.15, -0.1) is 28.1 Å². The number of thiophene rings is 1. The standard InChI is InChI=1S/C26H30N4O4S2/c1-4-14-30-23(18-8-6-5-7-9-18)28-29-26(30)36-16-21(31)27-24-22(25(32)34-3)20(15-35-24)17-10-12-19(33-2)13-11-17/h4,10-13,15,18H,1,5-9,14,16H2,2-3H3,(H,27,31). The summed E-state index contributed by atoms with van der Waals surface area (Å²) in [7, 11) is 2.93. The summed E-state index contributed by atoms with van der Waals surface area (Å²) < 4.78 is 12.3. The molecule has 0 radical (unpaired) electrons. The number of allylic oxidation sites excluding steroid dienone is 1. The Balaban J connectivity index is 1.48. The molecular formula is C26H30N4O4S2. The van der Waals surface area contributed by atoms with E-state index < -0.39 is 5.97 Å². The summed E-state index contributed by atoms with van der Waals surface area (Å²) in [5, 5.41) is 14.7. The molecule has 3 aromatic rings. The number of carbonyl (C=O) groups excluding carboxylic acids is 2. The molecule has 2 heterocycles. The molecule has 36 heavy (non-hydrogen) atoms. The number of nitrogens with zero attached hydrogens (tertiary/aromatic N) is 3. The van der Waals surface area contributed by atoms with Gasteiger partial charge in [-0.3, -0.25) is 4.79 Å². The van der Waals surface area contributed by atoms with Crippen molar-refractivity contribution in [3.63, 3.8) is 0 Å². The Bertz CT molecular complexity index is 1210. The Kier molecular flexibility index (Phi) is 8.82. The molecule has 2 aromatic heterocycles. The van der Waals surface area contributed by atoms with Gasteiger partial charge in [0.2, 0.25) is 5.91 Å². The highest BCUT2D eigenvalue weighted by molar-refractivity contribution is 7.99. The van der Waals surface area contributed by atoms with Crippen LogP contribution in [0.1, 0.15) is 54.2 Å². The predicted octanol–water partition coefficient (Wildman–Crippen LogP) is 5.77. The summed E-state index contributed by atoms with van der Waals surface area (Å²) in [5.41, 5.74) is 1.86. The van der Waals surface area contributed by atoms with Crippen molar-refractivity contribution in [2.24, 2.45) is 0 Å². The number of rotatable bonds is 10. The molecular weight excluding hydrogens is 496 g/mol. The summed E-state index contributed by atoms with van der Waals surface area (Å²) in [6.07, 6.45) is 7.74. The van der Waals surface area contributed by atoms with Gasteiger partial charge in [0.25, 0.3) is 0 Å². The van der Waals surface area contributed by atoms with Crippen LogP contribution in [0.5, 0.6) is 5.75 Å². The summed E-state index contributed by atoms with van der Waals surface area (Å²) in [6, 6.07) is 7.38. The second-order valence-electron chi connectivity index (χ2n) is 8.49. The Morgan fingerprint density at radius 1 is 1.19 bits per heavy atom. The molecule has 10 heteroatoms. The lowest BCUT2D eigenvalue weighted by Crippen LogP contribution is -2.17. The number of methoxy groups -OCH3 is 2. The number of benzene rings is 1.